The summed E-state index contributed by atoms with van der Waals surface area (Å²) in [5.74, 6) is -0.444. The van der Waals surface area contributed by atoms with Crippen molar-refractivity contribution in [3.63, 3.8) is 0 Å². The molecule has 0 spiro atoms. The van der Waals surface area contributed by atoms with Gasteiger partial charge in [-0.2, -0.15) is 0 Å². The second-order valence-corrected chi connectivity index (χ2v) is 7.87. The van der Waals surface area contributed by atoms with Crippen molar-refractivity contribution in [1.29, 1.82) is 0 Å². The summed E-state index contributed by atoms with van der Waals surface area (Å²) < 4.78 is 0. The first-order valence-corrected chi connectivity index (χ1v) is 8.87. The number of carbonyl (C=O) groups excluding carboxylic acids is 2. The molecule has 2 aliphatic heterocycles. The molecule has 3 fully saturated rings. The molecule has 1 aromatic carbocycles. The lowest BCUT2D eigenvalue weighted by Gasteiger charge is -2.25. The van der Waals surface area contributed by atoms with E-state index >= 15 is 0 Å². The van der Waals surface area contributed by atoms with Crippen LogP contribution in [0.1, 0.15) is 24.8 Å². The van der Waals surface area contributed by atoms with Crippen LogP contribution < -0.4 is 10.6 Å². The van der Waals surface area contributed by atoms with E-state index < -0.39 is 11.4 Å². The highest BCUT2D eigenvalue weighted by Crippen LogP contribution is 2.49. The predicted molar refractivity (Wildman–Crippen MR) is 96.2 cm³/mol. The molecule has 25 heavy (non-hydrogen) atoms. The maximum atomic E-state index is 12.8. The lowest BCUT2D eigenvalue weighted by molar-refractivity contribution is -0.124. The molecule has 2 saturated heterocycles. The van der Waals surface area contributed by atoms with Gasteiger partial charge < -0.3 is 15.5 Å². The van der Waals surface area contributed by atoms with Crippen molar-refractivity contribution in [2.45, 2.75) is 30.2 Å². The summed E-state index contributed by atoms with van der Waals surface area (Å²) in [5, 5.41) is 0. The van der Waals surface area contributed by atoms with Crippen molar-refractivity contribution in [3.05, 3.63) is 36.2 Å². The number of nitrogens with two attached hydrogens (primary N) is 1. The van der Waals surface area contributed by atoms with Crippen LogP contribution >= 0.6 is 0 Å². The Morgan fingerprint density at radius 1 is 1.24 bits per heavy atom. The zero-order valence-electron chi connectivity index (χ0n) is 14.9. The second kappa shape index (κ2) is 5.46. The van der Waals surface area contributed by atoms with Crippen LogP contribution in [-0.4, -0.2) is 61.0 Å². The minimum absolute atomic E-state index is 0.130. The van der Waals surface area contributed by atoms with Gasteiger partial charge in [-0.05, 0) is 51.1 Å². The molecule has 0 unspecified atom stereocenters. The van der Waals surface area contributed by atoms with E-state index in [1.807, 2.05) is 18.6 Å². The first kappa shape index (κ1) is 16.4. The Bertz CT molecular complexity index is 711. The molecule has 2 N–H and O–H groups in total. The fourth-order valence-electron chi connectivity index (χ4n) is 4.42. The molecular formula is C19H25N4O2. The first-order valence-electron chi connectivity index (χ1n) is 8.87. The molecule has 1 aromatic rings. The van der Waals surface area contributed by atoms with Crippen LogP contribution in [-0.2, 0) is 10.2 Å². The third kappa shape index (κ3) is 2.42. The number of hydrogen-bond acceptors (Lipinski definition) is 3. The number of hydrogen-bond donors (Lipinski definition) is 1. The number of urea groups is 1. The van der Waals surface area contributed by atoms with Crippen LogP contribution in [0.5, 0.6) is 0 Å². The summed E-state index contributed by atoms with van der Waals surface area (Å²) in [4.78, 5) is 30.3. The number of carbonyl (C=O) groups is 2. The van der Waals surface area contributed by atoms with Gasteiger partial charge in [0, 0.05) is 30.6 Å². The molecule has 0 bridgehead atoms. The van der Waals surface area contributed by atoms with E-state index in [4.69, 9.17) is 5.73 Å². The lowest BCUT2D eigenvalue weighted by atomic mass is 9.94. The van der Waals surface area contributed by atoms with Crippen LogP contribution in [0.3, 0.4) is 0 Å². The van der Waals surface area contributed by atoms with Crippen molar-refractivity contribution < 1.29 is 9.59 Å². The minimum atomic E-state index is -0.946. The molecule has 4 rings (SSSR count). The summed E-state index contributed by atoms with van der Waals surface area (Å²) in [6, 6.07) is 8.13. The molecule has 3 amide bonds. The van der Waals surface area contributed by atoms with E-state index in [9.17, 15) is 9.59 Å². The summed E-state index contributed by atoms with van der Waals surface area (Å²) in [6.07, 6.45) is 5.02. The number of nitrogens with zero attached hydrogens (tertiary/aromatic N) is 3. The SMILES string of the molecule is CN(C)CC1(c2ccc(N3C[C@@]4(C(N)=O)[CH]CCN4C3=O)cc2)CC1. The number of anilines is 1. The number of fused-ring (bicyclic) bond motifs is 1. The molecule has 1 atom stereocenters. The summed E-state index contributed by atoms with van der Waals surface area (Å²) >= 11 is 0. The Morgan fingerprint density at radius 2 is 1.92 bits per heavy atom. The lowest BCUT2D eigenvalue weighted by Crippen LogP contribution is -2.53. The zero-order valence-corrected chi connectivity index (χ0v) is 14.9. The van der Waals surface area contributed by atoms with Crippen LogP contribution in [0.25, 0.3) is 0 Å². The van der Waals surface area contributed by atoms with Crippen LogP contribution in [0.2, 0.25) is 0 Å². The Hall–Kier alpha value is -2.08. The van der Waals surface area contributed by atoms with Crippen LogP contribution in [0, 0.1) is 6.42 Å². The highest BCUT2D eigenvalue weighted by molar-refractivity contribution is 6.04. The standard InChI is InChI=1S/C19H25N4O2/c1-21(2)12-18(9-10-18)14-4-6-15(7-5-14)22-13-19(16(20)24)8-3-11-23(19)17(22)25/h4-8H,3,9-13H2,1-2H3,(H2,20,24)/t19-/m1/s1. The van der Waals surface area contributed by atoms with Crippen molar-refractivity contribution in [2.75, 3.05) is 38.6 Å². The van der Waals surface area contributed by atoms with Gasteiger partial charge in [-0.1, -0.05) is 12.1 Å². The smallest absolute Gasteiger partial charge is 0.325 e. The Kier molecular flexibility index (Phi) is 3.58. The van der Waals surface area contributed by atoms with E-state index in [0.29, 0.717) is 19.5 Å². The fourth-order valence-corrected chi connectivity index (χ4v) is 4.42. The molecule has 2 heterocycles. The Labute approximate surface area is 148 Å². The molecule has 1 aliphatic carbocycles. The Morgan fingerprint density at radius 3 is 2.44 bits per heavy atom. The highest BCUT2D eigenvalue weighted by atomic mass is 16.2. The van der Waals surface area contributed by atoms with E-state index in [-0.39, 0.29) is 11.4 Å². The van der Waals surface area contributed by atoms with Crippen molar-refractivity contribution >= 4 is 17.6 Å². The molecule has 6 heteroatoms. The van der Waals surface area contributed by atoms with E-state index in [2.05, 4.69) is 31.1 Å². The molecular weight excluding hydrogens is 316 g/mol. The molecule has 6 nitrogen and oxygen atoms in total. The summed E-state index contributed by atoms with van der Waals surface area (Å²) in [6.45, 7) is 1.91. The largest absolute Gasteiger partial charge is 0.368 e. The third-order valence-electron chi connectivity index (χ3n) is 5.87. The number of primary amides is 1. The highest BCUT2D eigenvalue weighted by Gasteiger charge is 2.57. The van der Waals surface area contributed by atoms with E-state index in [1.54, 1.807) is 9.80 Å². The molecule has 1 saturated carbocycles. The molecule has 0 aromatic heterocycles. The number of benzene rings is 1. The molecule has 1 radical (unpaired) electrons. The fraction of sp³-hybridized carbons (Fsp3) is 0.526. The maximum absolute atomic E-state index is 12.8. The van der Waals surface area contributed by atoms with Crippen molar-refractivity contribution in [3.8, 4) is 0 Å². The monoisotopic (exact) mass is 341 g/mol. The predicted octanol–water partition coefficient (Wildman–Crippen LogP) is 1.35. The van der Waals surface area contributed by atoms with Gasteiger partial charge in [0.1, 0.15) is 5.54 Å². The van der Waals surface area contributed by atoms with Gasteiger partial charge in [0.2, 0.25) is 5.91 Å². The van der Waals surface area contributed by atoms with Gasteiger partial charge in [0.25, 0.3) is 0 Å². The number of rotatable bonds is 5. The summed E-state index contributed by atoms with van der Waals surface area (Å²) in [7, 11) is 4.20. The number of amides is 3. The number of likely N-dealkylation sites (N-methyl/N-ethyl adjacent to an activating group) is 1. The quantitative estimate of drug-likeness (QED) is 0.879. The van der Waals surface area contributed by atoms with E-state index in [0.717, 1.165) is 12.2 Å². The van der Waals surface area contributed by atoms with Gasteiger partial charge in [-0.25, -0.2) is 4.79 Å². The van der Waals surface area contributed by atoms with E-state index in [1.165, 1.54) is 18.4 Å². The third-order valence-corrected chi connectivity index (χ3v) is 5.87. The Balaban J connectivity index is 1.57. The molecule has 3 aliphatic rings. The van der Waals surface area contributed by atoms with Gasteiger partial charge in [0.05, 0.1) is 6.54 Å². The topological polar surface area (TPSA) is 69.9 Å². The maximum Gasteiger partial charge on any atom is 0.325 e. The first-order chi connectivity index (χ1) is 11.9. The zero-order chi connectivity index (χ0) is 17.8. The van der Waals surface area contributed by atoms with Crippen molar-refractivity contribution in [2.24, 2.45) is 5.73 Å². The summed E-state index contributed by atoms with van der Waals surface area (Å²) in [5.41, 5.74) is 7.09. The van der Waals surface area contributed by atoms with Crippen LogP contribution in [0.15, 0.2) is 24.3 Å². The average molecular weight is 341 g/mol. The molecule has 133 valence electrons. The van der Waals surface area contributed by atoms with Crippen molar-refractivity contribution in [1.82, 2.24) is 9.80 Å². The van der Waals surface area contributed by atoms with Gasteiger partial charge in [-0.3, -0.25) is 9.69 Å². The average Bonchev–Trinajstić information content (AvgIpc) is 3.11. The normalized spacial score (nSPS) is 27.1. The minimum Gasteiger partial charge on any atom is -0.368 e. The van der Waals surface area contributed by atoms with Crippen LogP contribution in [0.4, 0.5) is 10.5 Å². The van der Waals surface area contributed by atoms with Gasteiger partial charge in [-0.15, -0.1) is 0 Å². The van der Waals surface area contributed by atoms with Gasteiger partial charge >= 0.3 is 6.03 Å². The van der Waals surface area contributed by atoms with Gasteiger partial charge in [0.15, 0.2) is 0 Å². The second-order valence-electron chi connectivity index (χ2n) is 7.87.